The second-order valence-corrected chi connectivity index (χ2v) is 0.945. The van der Waals surface area contributed by atoms with Crippen molar-refractivity contribution in [3.05, 3.63) is 0 Å². The fourth-order valence-electron chi connectivity index (χ4n) is 0.225. The molecule has 1 aliphatic rings. The molecule has 1 heterocycles. The summed E-state index contributed by atoms with van der Waals surface area (Å²) in [7, 11) is 0. The highest BCUT2D eigenvalue weighted by Gasteiger charge is 2.17. The zero-order valence-corrected chi connectivity index (χ0v) is 3.25. The van der Waals surface area contributed by atoms with Gasteiger partial charge in [-0.05, 0) is 0 Å². The number of carbonyl (C=O) groups is 2. The van der Waals surface area contributed by atoms with E-state index in [4.69, 9.17) is 0 Å². The van der Waals surface area contributed by atoms with Crippen LogP contribution in [-0.2, 0) is 14.3 Å². The summed E-state index contributed by atoms with van der Waals surface area (Å²) in [5.74, 6) is -1.74. The molecule has 0 atom stereocenters. The largest absolute Gasteiger partial charge is 0.407 e. The highest BCUT2D eigenvalue weighted by Crippen LogP contribution is 1.86. The first-order valence-electron chi connectivity index (χ1n) is 1.58. The van der Waals surface area contributed by atoms with Crippen molar-refractivity contribution in [1.29, 1.82) is 0 Å². The van der Waals surface area contributed by atoms with Crippen LogP contribution in [0.4, 0.5) is 0 Å². The third kappa shape index (κ3) is 0.489. The molecule has 0 aromatic heterocycles. The Kier molecular flexibility index (Phi) is 0.651. The predicted octanol–water partition coefficient (Wildman–Crippen LogP) is -0.902. The third-order valence-corrected chi connectivity index (χ3v) is 0.504. The Hall–Kier alpha value is -1.19. The fraction of sp³-hybridized carbons (Fsp3) is 0. The minimum absolute atomic E-state index is 0.824. The summed E-state index contributed by atoms with van der Waals surface area (Å²) in [6, 6.07) is 0. The van der Waals surface area contributed by atoms with Crippen LogP contribution in [-0.4, -0.2) is 18.3 Å². The first kappa shape index (κ1) is 3.98. The lowest BCUT2D eigenvalue weighted by atomic mass is 10.7. The van der Waals surface area contributed by atoms with Gasteiger partial charge in [0, 0.05) is 0 Å². The van der Waals surface area contributed by atoms with Crippen LogP contribution < -0.4 is 0 Å². The molecule has 0 saturated heterocycles. The number of carbonyl (C=O) groups excluding carboxylic acids is 2. The van der Waals surface area contributed by atoms with Gasteiger partial charge < -0.3 is 4.74 Å². The molecule has 36 valence electrons. The monoisotopic (exact) mass is 99.0 g/mol. The van der Waals surface area contributed by atoms with E-state index in [-0.39, 0.29) is 0 Å². The second kappa shape index (κ2) is 1.14. The van der Waals surface area contributed by atoms with Crippen molar-refractivity contribution in [2.75, 3.05) is 0 Å². The number of aliphatic imine (C=N–C) groups is 1. The molecule has 7 heavy (non-hydrogen) atoms. The van der Waals surface area contributed by atoms with Crippen molar-refractivity contribution in [3.63, 3.8) is 0 Å². The van der Waals surface area contributed by atoms with Gasteiger partial charge in [0.2, 0.25) is 0 Å². The summed E-state index contributed by atoms with van der Waals surface area (Å²) in [5.41, 5.74) is 0. The Balaban J connectivity index is 2.81. The van der Waals surface area contributed by atoms with Crippen LogP contribution in [0.5, 0.6) is 0 Å². The molecular formula is C3HNO3. The summed E-state index contributed by atoms with van der Waals surface area (Å²) in [5, 5.41) is 0. The number of hydrogen-bond acceptors (Lipinski definition) is 3. The smallest absolute Gasteiger partial charge is 0.405 e. The van der Waals surface area contributed by atoms with E-state index in [1.807, 2.05) is 0 Å². The molecule has 1 aliphatic heterocycles. The van der Waals surface area contributed by atoms with Gasteiger partial charge in [-0.3, -0.25) is 4.79 Å². The van der Waals surface area contributed by atoms with Crippen LogP contribution in [0.3, 0.4) is 0 Å². The van der Waals surface area contributed by atoms with Crippen molar-refractivity contribution in [2.24, 2.45) is 4.99 Å². The molecule has 0 aliphatic carbocycles. The Morgan fingerprint density at radius 2 is 2.29 bits per heavy atom. The van der Waals surface area contributed by atoms with E-state index in [0.29, 0.717) is 0 Å². The lowest BCUT2D eigenvalue weighted by Crippen LogP contribution is -2.04. The average Bonchev–Trinajstić information content (AvgIpc) is 1.91. The summed E-state index contributed by atoms with van der Waals surface area (Å²) in [4.78, 5) is 22.8. The van der Waals surface area contributed by atoms with E-state index in [1.165, 1.54) is 0 Å². The van der Waals surface area contributed by atoms with E-state index in [2.05, 4.69) is 9.73 Å². The first-order valence-corrected chi connectivity index (χ1v) is 1.58. The highest BCUT2D eigenvalue weighted by atomic mass is 16.5. The average molecular weight is 99.0 g/mol. The number of ether oxygens (including phenoxy) is 1. The molecule has 0 radical (unpaired) electrons. The van der Waals surface area contributed by atoms with Gasteiger partial charge in [0.25, 0.3) is 0 Å². The molecule has 0 spiro atoms. The van der Waals surface area contributed by atoms with Gasteiger partial charge >= 0.3 is 11.9 Å². The van der Waals surface area contributed by atoms with Gasteiger partial charge in [-0.2, -0.15) is 4.99 Å². The first-order chi connectivity index (χ1) is 3.30. The highest BCUT2D eigenvalue weighted by molar-refractivity contribution is 6.37. The Bertz CT molecular complexity index is 148. The quantitative estimate of drug-likeness (QED) is 0.292. The molecule has 1 rings (SSSR count). The molecule has 0 aromatic rings. The van der Waals surface area contributed by atoms with E-state index in [9.17, 15) is 9.59 Å². The summed E-state index contributed by atoms with van der Waals surface area (Å²) < 4.78 is 3.98. The summed E-state index contributed by atoms with van der Waals surface area (Å²) >= 11 is 0. The van der Waals surface area contributed by atoms with Gasteiger partial charge in [0.1, 0.15) is 0 Å². The maximum absolute atomic E-state index is 9.90. The number of esters is 1. The number of hydrogen-bond donors (Lipinski definition) is 0. The minimum atomic E-state index is -0.903. The van der Waals surface area contributed by atoms with Crippen LogP contribution in [0.15, 0.2) is 4.99 Å². The van der Waals surface area contributed by atoms with Crippen molar-refractivity contribution >= 4 is 18.3 Å². The van der Waals surface area contributed by atoms with Crippen LogP contribution >= 0.6 is 0 Å². The molecule has 1 amide bonds. The topological polar surface area (TPSA) is 55.7 Å². The van der Waals surface area contributed by atoms with E-state index in [1.54, 1.807) is 0 Å². The minimum Gasteiger partial charge on any atom is -0.407 e. The Morgan fingerprint density at radius 1 is 1.57 bits per heavy atom. The number of cyclic esters (lactones) is 1. The molecule has 4 heteroatoms. The lowest BCUT2D eigenvalue weighted by molar-refractivity contribution is -0.144. The lowest BCUT2D eigenvalue weighted by Gasteiger charge is -1.74. The van der Waals surface area contributed by atoms with Gasteiger partial charge in [-0.25, -0.2) is 4.79 Å². The Morgan fingerprint density at radius 3 is 2.43 bits per heavy atom. The molecule has 0 N–H and O–H groups in total. The predicted molar refractivity (Wildman–Crippen MR) is 19.6 cm³/mol. The SMILES string of the molecule is O=C1N=COC1=O. The van der Waals surface area contributed by atoms with E-state index in [0.717, 1.165) is 6.40 Å². The molecule has 0 fully saturated rings. The Labute approximate surface area is 38.8 Å². The van der Waals surface area contributed by atoms with E-state index < -0.39 is 11.9 Å². The maximum atomic E-state index is 9.90. The molecular weight excluding hydrogens is 98.0 g/mol. The van der Waals surface area contributed by atoms with Crippen molar-refractivity contribution in [2.45, 2.75) is 0 Å². The van der Waals surface area contributed by atoms with Crippen LogP contribution in [0.1, 0.15) is 0 Å². The normalized spacial score (nSPS) is 17.7. The molecule has 4 nitrogen and oxygen atoms in total. The van der Waals surface area contributed by atoms with Crippen LogP contribution in [0.2, 0.25) is 0 Å². The van der Waals surface area contributed by atoms with Gasteiger partial charge in [0.15, 0.2) is 6.40 Å². The number of amides is 1. The van der Waals surface area contributed by atoms with E-state index >= 15 is 0 Å². The van der Waals surface area contributed by atoms with Crippen LogP contribution in [0, 0.1) is 0 Å². The standard InChI is InChI=1S/C3HNO3/c5-2-3(6)7-1-4-2/h1H. The number of rotatable bonds is 0. The van der Waals surface area contributed by atoms with Gasteiger partial charge in [-0.15, -0.1) is 0 Å². The molecule has 0 saturated carbocycles. The third-order valence-electron chi connectivity index (χ3n) is 0.504. The zero-order chi connectivity index (χ0) is 5.28. The summed E-state index contributed by atoms with van der Waals surface area (Å²) in [6.07, 6.45) is 0.824. The van der Waals surface area contributed by atoms with Crippen LogP contribution in [0.25, 0.3) is 0 Å². The molecule has 0 bridgehead atoms. The van der Waals surface area contributed by atoms with Crippen molar-refractivity contribution in [3.8, 4) is 0 Å². The molecule has 0 unspecified atom stereocenters. The van der Waals surface area contributed by atoms with Gasteiger partial charge in [-0.1, -0.05) is 0 Å². The van der Waals surface area contributed by atoms with Gasteiger partial charge in [0.05, 0.1) is 0 Å². The zero-order valence-electron chi connectivity index (χ0n) is 3.25. The van der Waals surface area contributed by atoms with Crippen molar-refractivity contribution in [1.82, 2.24) is 0 Å². The fourth-order valence-corrected chi connectivity index (χ4v) is 0.225. The summed E-state index contributed by atoms with van der Waals surface area (Å²) in [6.45, 7) is 0. The molecule has 0 aromatic carbocycles. The number of nitrogens with zero attached hydrogens (tertiary/aromatic N) is 1. The maximum Gasteiger partial charge on any atom is 0.405 e. The van der Waals surface area contributed by atoms with Crippen molar-refractivity contribution < 1.29 is 14.3 Å². The second-order valence-electron chi connectivity index (χ2n) is 0.945.